The van der Waals surface area contributed by atoms with Crippen LogP contribution in [-0.2, 0) is 9.53 Å². The molecule has 1 atom stereocenters. The maximum absolute atomic E-state index is 13.1. The Bertz CT molecular complexity index is 1070. The summed E-state index contributed by atoms with van der Waals surface area (Å²) in [5.74, 6) is 0.317. The van der Waals surface area contributed by atoms with E-state index in [-0.39, 0.29) is 12.6 Å². The van der Waals surface area contributed by atoms with Crippen LogP contribution < -0.4 is 20.3 Å². The van der Waals surface area contributed by atoms with Crippen molar-refractivity contribution >= 4 is 17.7 Å². The summed E-state index contributed by atoms with van der Waals surface area (Å²) < 4.78 is 10.9. The van der Waals surface area contributed by atoms with E-state index in [2.05, 4.69) is 51.6 Å². The predicted molar refractivity (Wildman–Crippen MR) is 136 cm³/mol. The first-order valence-corrected chi connectivity index (χ1v) is 12.2. The molecule has 0 aromatic heterocycles. The van der Waals surface area contributed by atoms with Gasteiger partial charge in [-0.2, -0.15) is 0 Å². The molecule has 0 bridgehead atoms. The third-order valence-electron chi connectivity index (χ3n) is 6.29. The maximum Gasteiger partial charge on any atom is 0.338 e. The van der Waals surface area contributed by atoms with Crippen LogP contribution in [0.3, 0.4) is 0 Å². The molecule has 1 saturated heterocycles. The number of carbonyl (C=O) groups is 2. The Morgan fingerprint density at radius 3 is 2.43 bits per heavy atom. The van der Waals surface area contributed by atoms with Crippen molar-refractivity contribution < 1.29 is 19.1 Å². The summed E-state index contributed by atoms with van der Waals surface area (Å²) in [7, 11) is 0. The smallest absolute Gasteiger partial charge is 0.338 e. The lowest BCUT2D eigenvalue weighted by molar-refractivity contribution is -0.139. The molecule has 0 radical (unpaired) electrons. The molecule has 2 aromatic carbocycles. The second-order valence-corrected chi connectivity index (χ2v) is 8.75. The molecule has 2 amide bonds. The molecule has 0 saturated carbocycles. The third kappa shape index (κ3) is 5.95. The molecule has 2 heterocycles. The summed E-state index contributed by atoms with van der Waals surface area (Å²) in [5, 5.41) is 5.78. The van der Waals surface area contributed by atoms with Crippen molar-refractivity contribution in [1.29, 1.82) is 0 Å². The zero-order valence-corrected chi connectivity index (χ0v) is 20.7. The number of amides is 2. The van der Waals surface area contributed by atoms with Crippen molar-refractivity contribution in [3.8, 4) is 5.75 Å². The van der Waals surface area contributed by atoms with Crippen LogP contribution in [0.25, 0.3) is 0 Å². The molecule has 1 fully saturated rings. The number of rotatable bonds is 8. The number of benzene rings is 2. The minimum atomic E-state index is -0.595. The fraction of sp³-hybridized carbons (Fsp3) is 0.407. The van der Waals surface area contributed by atoms with Crippen LogP contribution in [0.2, 0.25) is 0 Å². The van der Waals surface area contributed by atoms with Crippen LogP contribution in [0.1, 0.15) is 31.0 Å². The van der Waals surface area contributed by atoms with E-state index in [1.54, 1.807) is 6.92 Å². The van der Waals surface area contributed by atoms with Crippen molar-refractivity contribution in [1.82, 2.24) is 15.5 Å². The topological polar surface area (TPSA) is 83.1 Å². The molecule has 8 nitrogen and oxygen atoms in total. The molecular formula is C27H34N4O4. The highest BCUT2D eigenvalue weighted by atomic mass is 16.5. The molecule has 2 aliphatic heterocycles. The number of ether oxygens (including phenoxy) is 2. The van der Waals surface area contributed by atoms with E-state index in [0.717, 1.165) is 37.5 Å². The molecular weight excluding hydrogens is 444 g/mol. The summed E-state index contributed by atoms with van der Waals surface area (Å²) >= 11 is 0. The number of aryl methyl sites for hydroxylation is 1. The van der Waals surface area contributed by atoms with E-state index in [9.17, 15) is 9.59 Å². The zero-order valence-electron chi connectivity index (χ0n) is 20.7. The predicted octanol–water partition coefficient (Wildman–Crippen LogP) is 3.39. The van der Waals surface area contributed by atoms with Gasteiger partial charge in [-0.05, 0) is 56.2 Å². The van der Waals surface area contributed by atoms with Crippen molar-refractivity contribution in [3.05, 3.63) is 70.9 Å². The van der Waals surface area contributed by atoms with Gasteiger partial charge < -0.3 is 25.0 Å². The highest BCUT2D eigenvalue weighted by Gasteiger charge is 2.34. The van der Waals surface area contributed by atoms with Crippen molar-refractivity contribution in [2.45, 2.75) is 26.8 Å². The standard InChI is InChI=1S/C27H34N4O4/c1-4-34-22-11-9-20(10-12-22)25-24(26(32)35-5-2)23(28-27(33)29-25)18-30-13-15-31(16-14-30)21-8-6-7-19(3)17-21/h6-12,17,25H,4-5,13-16,18H2,1-3H3,(H2,28,29,33). The Kier molecular flexibility index (Phi) is 7.92. The Morgan fingerprint density at radius 1 is 1.03 bits per heavy atom. The summed E-state index contributed by atoms with van der Waals surface area (Å²) in [6.45, 7) is 10.5. The molecule has 0 aliphatic carbocycles. The van der Waals surface area contributed by atoms with E-state index < -0.39 is 12.0 Å². The van der Waals surface area contributed by atoms with Crippen LogP contribution in [0, 0.1) is 6.92 Å². The van der Waals surface area contributed by atoms with E-state index in [0.29, 0.717) is 24.4 Å². The van der Waals surface area contributed by atoms with Crippen LogP contribution in [-0.4, -0.2) is 62.8 Å². The minimum Gasteiger partial charge on any atom is -0.494 e. The Labute approximate surface area is 206 Å². The van der Waals surface area contributed by atoms with Crippen LogP contribution in [0.4, 0.5) is 10.5 Å². The first-order valence-electron chi connectivity index (χ1n) is 12.2. The van der Waals surface area contributed by atoms with Gasteiger partial charge in [0.05, 0.1) is 24.8 Å². The number of nitrogens with one attached hydrogen (secondary N) is 2. The maximum atomic E-state index is 13.1. The van der Waals surface area contributed by atoms with Crippen molar-refractivity contribution in [3.63, 3.8) is 0 Å². The molecule has 2 N–H and O–H groups in total. The molecule has 2 aliphatic rings. The number of urea groups is 1. The molecule has 35 heavy (non-hydrogen) atoms. The lowest BCUT2D eigenvalue weighted by Gasteiger charge is -2.38. The molecule has 186 valence electrons. The molecule has 2 aromatic rings. The van der Waals surface area contributed by atoms with Crippen molar-refractivity contribution in [2.24, 2.45) is 0 Å². The lowest BCUT2D eigenvalue weighted by atomic mass is 9.94. The number of hydrogen-bond donors (Lipinski definition) is 2. The second kappa shape index (κ2) is 11.3. The number of carbonyl (C=O) groups excluding carboxylic acids is 2. The Balaban J connectivity index is 1.54. The SMILES string of the molecule is CCOC(=O)C1=C(CN2CCN(c3cccc(C)c3)CC2)NC(=O)NC1c1ccc(OCC)cc1. The fourth-order valence-electron chi connectivity index (χ4n) is 4.58. The number of nitrogens with zero attached hydrogens (tertiary/aromatic N) is 2. The van der Waals surface area contributed by atoms with Crippen LogP contribution in [0.15, 0.2) is 59.8 Å². The van der Waals surface area contributed by atoms with Gasteiger partial charge in [-0.15, -0.1) is 0 Å². The third-order valence-corrected chi connectivity index (χ3v) is 6.29. The van der Waals surface area contributed by atoms with Gasteiger partial charge in [0.2, 0.25) is 0 Å². The van der Waals surface area contributed by atoms with Gasteiger partial charge in [-0.25, -0.2) is 9.59 Å². The van der Waals surface area contributed by atoms with Gasteiger partial charge >= 0.3 is 12.0 Å². The summed E-state index contributed by atoms with van der Waals surface area (Å²) in [5.41, 5.74) is 4.30. The highest BCUT2D eigenvalue weighted by Crippen LogP contribution is 2.30. The van der Waals surface area contributed by atoms with E-state index >= 15 is 0 Å². The average Bonchev–Trinajstić information content (AvgIpc) is 2.85. The number of piperazine rings is 1. The number of anilines is 1. The van der Waals surface area contributed by atoms with Crippen LogP contribution in [0.5, 0.6) is 5.75 Å². The average molecular weight is 479 g/mol. The normalized spacial score (nSPS) is 18.7. The van der Waals surface area contributed by atoms with Gasteiger partial charge in [-0.3, -0.25) is 4.90 Å². The van der Waals surface area contributed by atoms with Gasteiger partial charge in [0.25, 0.3) is 0 Å². The Morgan fingerprint density at radius 2 is 1.77 bits per heavy atom. The van der Waals surface area contributed by atoms with E-state index in [1.807, 2.05) is 31.2 Å². The largest absolute Gasteiger partial charge is 0.494 e. The summed E-state index contributed by atoms with van der Waals surface area (Å²) in [6.07, 6.45) is 0. The number of esters is 1. The molecule has 8 heteroatoms. The first kappa shape index (κ1) is 24.6. The molecule has 0 spiro atoms. The molecule has 1 unspecified atom stereocenters. The quantitative estimate of drug-likeness (QED) is 0.566. The van der Waals surface area contributed by atoms with E-state index in [1.165, 1.54) is 11.3 Å². The zero-order chi connectivity index (χ0) is 24.8. The van der Waals surface area contributed by atoms with Gasteiger partial charge in [0.1, 0.15) is 5.75 Å². The fourth-order valence-corrected chi connectivity index (χ4v) is 4.58. The number of hydrogen-bond acceptors (Lipinski definition) is 6. The highest BCUT2D eigenvalue weighted by molar-refractivity contribution is 5.95. The lowest BCUT2D eigenvalue weighted by Crippen LogP contribution is -2.51. The molecule has 4 rings (SSSR count). The first-order chi connectivity index (χ1) is 17.0. The second-order valence-electron chi connectivity index (χ2n) is 8.75. The summed E-state index contributed by atoms with van der Waals surface area (Å²) in [6, 6.07) is 15.0. The van der Waals surface area contributed by atoms with Gasteiger partial charge in [0, 0.05) is 44.1 Å². The monoisotopic (exact) mass is 478 g/mol. The van der Waals surface area contributed by atoms with Crippen molar-refractivity contribution in [2.75, 3.05) is 50.8 Å². The van der Waals surface area contributed by atoms with E-state index in [4.69, 9.17) is 9.47 Å². The minimum absolute atomic E-state index is 0.259. The van der Waals surface area contributed by atoms with Gasteiger partial charge in [-0.1, -0.05) is 24.3 Å². The van der Waals surface area contributed by atoms with Crippen LogP contribution >= 0.6 is 0 Å². The summed E-state index contributed by atoms with van der Waals surface area (Å²) in [4.78, 5) is 30.3. The van der Waals surface area contributed by atoms with Gasteiger partial charge in [0.15, 0.2) is 0 Å². The Hall–Kier alpha value is -3.52.